The molecule has 2 fully saturated rings. The van der Waals surface area contributed by atoms with E-state index in [1.165, 1.54) is 12.1 Å². The molecule has 6 heteroatoms. The molecule has 0 bridgehead atoms. The maximum atomic E-state index is 12.9. The number of halogens is 1. The molecule has 1 heterocycles. The van der Waals surface area contributed by atoms with Crippen LogP contribution in [-0.4, -0.2) is 42.8 Å². The highest BCUT2D eigenvalue weighted by Crippen LogP contribution is 2.48. The molecule has 1 aromatic carbocycles. The van der Waals surface area contributed by atoms with Crippen LogP contribution in [0, 0.1) is 11.7 Å². The van der Waals surface area contributed by atoms with E-state index in [0.717, 1.165) is 12.0 Å². The number of hydrogen-bond acceptors (Lipinski definition) is 3. The topological polar surface area (TPSA) is 54.5 Å². The third-order valence-corrected chi connectivity index (χ3v) is 7.29. The molecule has 0 aromatic heterocycles. The van der Waals surface area contributed by atoms with Gasteiger partial charge >= 0.3 is 0 Å². The average Bonchev–Trinajstić information content (AvgIpc) is 3.22. The van der Waals surface area contributed by atoms with E-state index < -0.39 is 14.6 Å². The van der Waals surface area contributed by atoms with Crippen molar-refractivity contribution < 1.29 is 17.6 Å². The van der Waals surface area contributed by atoms with Gasteiger partial charge in [-0.05, 0) is 43.9 Å². The molecule has 4 nitrogen and oxygen atoms in total. The number of benzene rings is 1. The Balaban J connectivity index is 1.68. The first-order valence-electron chi connectivity index (χ1n) is 7.48. The second kappa shape index (κ2) is 5.05. The Hall–Kier alpha value is -1.43. The molecule has 2 atom stereocenters. The molecule has 1 aliphatic carbocycles. The molecule has 1 amide bonds. The Morgan fingerprint density at radius 1 is 1.27 bits per heavy atom. The Kier molecular flexibility index (Phi) is 3.55. The Labute approximate surface area is 130 Å². The van der Waals surface area contributed by atoms with Crippen molar-refractivity contribution in [2.24, 2.45) is 5.92 Å². The lowest BCUT2D eigenvalue weighted by Gasteiger charge is -2.37. The predicted octanol–water partition coefficient (Wildman–Crippen LogP) is 1.96. The molecular weight excluding hydrogens is 305 g/mol. The van der Waals surface area contributed by atoms with Crippen LogP contribution in [0.5, 0.6) is 0 Å². The second-order valence-corrected chi connectivity index (χ2v) is 9.58. The lowest BCUT2D eigenvalue weighted by molar-refractivity contribution is -0.133. The van der Waals surface area contributed by atoms with Gasteiger partial charge < -0.3 is 4.90 Å². The van der Waals surface area contributed by atoms with Crippen molar-refractivity contribution in [2.75, 3.05) is 18.8 Å². The third kappa shape index (κ3) is 2.64. The maximum Gasteiger partial charge on any atom is 0.226 e. The molecule has 120 valence electrons. The van der Waals surface area contributed by atoms with Gasteiger partial charge in [0, 0.05) is 19.0 Å². The highest BCUT2D eigenvalue weighted by Gasteiger charge is 2.49. The van der Waals surface area contributed by atoms with E-state index >= 15 is 0 Å². The minimum atomic E-state index is -3.14. The summed E-state index contributed by atoms with van der Waals surface area (Å²) < 4.78 is 36.1. The van der Waals surface area contributed by atoms with E-state index in [0.29, 0.717) is 0 Å². The third-order valence-electron chi connectivity index (χ3n) is 4.76. The number of rotatable bonds is 2. The van der Waals surface area contributed by atoms with Crippen LogP contribution in [0.15, 0.2) is 24.3 Å². The van der Waals surface area contributed by atoms with Gasteiger partial charge in [0.2, 0.25) is 5.91 Å². The van der Waals surface area contributed by atoms with Gasteiger partial charge in [-0.1, -0.05) is 12.1 Å². The summed E-state index contributed by atoms with van der Waals surface area (Å²) in [6.07, 6.45) is 0.758. The summed E-state index contributed by atoms with van der Waals surface area (Å²) in [5.41, 5.74) is 0.976. The summed E-state index contributed by atoms with van der Waals surface area (Å²) >= 11 is 0. The van der Waals surface area contributed by atoms with E-state index in [1.54, 1.807) is 30.9 Å². The normalized spacial score (nSPS) is 29.1. The Morgan fingerprint density at radius 2 is 1.91 bits per heavy atom. The molecule has 3 rings (SSSR count). The summed E-state index contributed by atoms with van der Waals surface area (Å²) in [7, 11) is -3.14. The fraction of sp³-hybridized carbons (Fsp3) is 0.562. The fourth-order valence-corrected chi connectivity index (χ4v) is 4.48. The van der Waals surface area contributed by atoms with Gasteiger partial charge in [0.1, 0.15) is 5.82 Å². The molecule has 1 aliphatic heterocycles. The molecule has 2 aliphatic rings. The van der Waals surface area contributed by atoms with Gasteiger partial charge in [-0.2, -0.15) is 0 Å². The summed E-state index contributed by atoms with van der Waals surface area (Å²) in [6, 6.07) is 6.26. The Bertz CT molecular complexity index is 697. The van der Waals surface area contributed by atoms with Crippen molar-refractivity contribution in [2.45, 2.75) is 30.9 Å². The van der Waals surface area contributed by atoms with E-state index in [4.69, 9.17) is 0 Å². The lowest BCUT2D eigenvalue weighted by Crippen LogP contribution is -2.55. The quantitative estimate of drug-likeness (QED) is 0.835. The molecule has 0 unspecified atom stereocenters. The molecule has 1 saturated carbocycles. The smallest absolute Gasteiger partial charge is 0.226 e. The van der Waals surface area contributed by atoms with Crippen LogP contribution in [0.2, 0.25) is 0 Å². The van der Waals surface area contributed by atoms with Crippen molar-refractivity contribution >= 4 is 15.7 Å². The number of amides is 1. The molecule has 22 heavy (non-hydrogen) atoms. The zero-order valence-corrected chi connectivity index (χ0v) is 13.6. The van der Waals surface area contributed by atoms with Crippen LogP contribution in [0.3, 0.4) is 0 Å². The van der Waals surface area contributed by atoms with Crippen LogP contribution in [0.25, 0.3) is 0 Å². The van der Waals surface area contributed by atoms with Crippen LogP contribution in [0.4, 0.5) is 4.39 Å². The highest BCUT2D eigenvalue weighted by atomic mass is 32.2. The number of sulfone groups is 1. The first-order chi connectivity index (χ1) is 10.2. The zero-order valence-electron chi connectivity index (χ0n) is 12.8. The van der Waals surface area contributed by atoms with Crippen molar-refractivity contribution in [3.63, 3.8) is 0 Å². The standard InChI is InChI=1S/C16H20FNO3S/c1-16(2)10-18(7-8-22(16,20)21)15(19)14-9-13(14)11-3-5-12(17)6-4-11/h3-6,13-14H,7-10H2,1-2H3/t13-,14+/m1/s1. The van der Waals surface area contributed by atoms with Gasteiger partial charge in [-0.15, -0.1) is 0 Å². The van der Waals surface area contributed by atoms with Gasteiger partial charge in [0.15, 0.2) is 9.84 Å². The minimum absolute atomic E-state index is 0.0253. The summed E-state index contributed by atoms with van der Waals surface area (Å²) in [5.74, 6) is -0.191. The lowest BCUT2D eigenvalue weighted by atomic mass is 10.1. The molecular formula is C16H20FNO3S. The number of carbonyl (C=O) groups excluding carboxylic acids is 1. The van der Waals surface area contributed by atoms with E-state index in [9.17, 15) is 17.6 Å². The molecule has 0 spiro atoms. The van der Waals surface area contributed by atoms with Crippen molar-refractivity contribution in [3.05, 3.63) is 35.6 Å². The van der Waals surface area contributed by atoms with Crippen LogP contribution < -0.4 is 0 Å². The van der Waals surface area contributed by atoms with Gasteiger partial charge in [-0.3, -0.25) is 4.79 Å². The maximum absolute atomic E-state index is 12.9. The van der Waals surface area contributed by atoms with Crippen LogP contribution in [-0.2, 0) is 14.6 Å². The summed E-state index contributed by atoms with van der Waals surface area (Å²) in [5, 5.41) is 0. The fourth-order valence-electron chi connectivity index (χ4n) is 3.11. The monoisotopic (exact) mass is 325 g/mol. The van der Waals surface area contributed by atoms with E-state index in [-0.39, 0.29) is 42.4 Å². The van der Waals surface area contributed by atoms with E-state index in [2.05, 4.69) is 0 Å². The van der Waals surface area contributed by atoms with Crippen LogP contribution in [0.1, 0.15) is 31.7 Å². The number of carbonyl (C=O) groups is 1. The average molecular weight is 325 g/mol. The van der Waals surface area contributed by atoms with Gasteiger partial charge in [-0.25, -0.2) is 12.8 Å². The first-order valence-corrected chi connectivity index (χ1v) is 9.13. The number of hydrogen-bond donors (Lipinski definition) is 0. The van der Waals surface area contributed by atoms with Gasteiger partial charge in [0.25, 0.3) is 0 Å². The van der Waals surface area contributed by atoms with Crippen molar-refractivity contribution in [1.29, 1.82) is 0 Å². The zero-order chi connectivity index (χ0) is 16.1. The molecule has 1 aromatic rings. The molecule has 1 saturated heterocycles. The molecule has 0 radical (unpaired) electrons. The molecule has 0 N–H and O–H groups in total. The van der Waals surface area contributed by atoms with Gasteiger partial charge in [0.05, 0.1) is 10.5 Å². The second-order valence-electron chi connectivity index (χ2n) is 6.84. The number of nitrogens with zero attached hydrogens (tertiary/aromatic N) is 1. The van der Waals surface area contributed by atoms with Crippen molar-refractivity contribution in [1.82, 2.24) is 4.90 Å². The predicted molar refractivity (Wildman–Crippen MR) is 81.7 cm³/mol. The van der Waals surface area contributed by atoms with Crippen LogP contribution >= 0.6 is 0 Å². The first kappa shape index (κ1) is 15.5. The largest absolute Gasteiger partial charge is 0.340 e. The highest BCUT2D eigenvalue weighted by molar-refractivity contribution is 7.92. The Morgan fingerprint density at radius 3 is 2.50 bits per heavy atom. The SMILES string of the molecule is CC1(C)CN(C(=O)[C@H]2C[C@@H]2c2ccc(F)cc2)CCS1(=O)=O. The summed E-state index contributed by atoms with van der Waals surface area (Å²) in [6.45, 7) is 3.87. The minimum Gasteiger partial charge on any atom is -0.340 e. The van der Waals surface area contributed by atoms with E-state index in [1.807, 2.05) is 0 Å². The van der Waals surface area contributed by atoms with Crippen molar-refractivity contribution in [3.8, 4) is 0 Å². The summed E-state index contributed by atoms with van der Waals surface area (Å²) in [4.78, 5) is 14.2.